The first-order chi connectivity index (χ1) is 18.2. The van der Waals surface area contributed by atoms with Crippen LogP contribution in [0.3, 0.4) is 0 Å². The molecule has 38 heavy (non-hydrogen) atoms. The maximum Gasteiger partial charge on any atom is 0.338 e. The number of rotatable bonds is 8. The number of methoxy groups -OCH3 is 2. The Bertz CT molecular complexity index is 1340. The lowest BCUT2D eigenvalue weighted by molar-refractivity contribution is -0.384. The van der Waals surface area contributed by atoms with E-state index in [4.69, 9.17) is 9.47 Å². The average molecular weight is 524 g/mol. The Morgan fingerprint density at radius 2 is 1.21 bits per heavy atom. The fourth-order valence-corrected chi connectivity index (χ4v) is 3.73. The van der Waals surface area contributed by atoms with Crippen molar-refractivity contribution >= 4 is 46.1 Å². The fraction of sp³-hybridized carbons (Fsp3) is 0.250. The van der Waals surface area contributed by atoms with Gasteiger partial charge in [-0.1, -0.05) is 12.2 Å². The number of allylic oxidation sites excluding steroid dienone is 2. The van der Waals surface area contributed by atoms with Gasteiger partial charge in [0, 0.05) is 25.0 Å². The zero-order valence-electron chi connectivity index (χ0n) is 20.2. The summed E-state index contributed by atoms with van der Waals surface area (Å²) in [4.78, 5) is 54.0. The van der Waals surface area contributed by atoms with Crippen molar-refractivity contribution < 1.29 is 38.4 Å². The molecule has 0 radical (unpaired) electrons. The van der Waals surface area contributed by atoms with Crippen LogP contribution in [0.15, 0.2) is 46.4 Å². The van der Waals surface area contributed by atoms with E-state index in [-0.39, 0.29) is 58.6 Å². The third-order valence-corrected chi connectivity index (χ3v) is 5.55. The van der Waals surface area contributed by atoms with Gasteiger partial charge in [-0.3, -0.25) is 20.2 Å². The van der Waals surface area contributed by atoms with Crippen molar-refractivity contribution in [3.8, 4) is 11.5 Å². The van der Waals surface area contributed by atoms with Gasteiger partial charge < -0.3 is 18.9 Å². The fourth-order valence-electron chi connectivity index (χ4n) is 3.73. The summed E-state index contributed by atoms with van der Waals surface area (Å²) in [6, 6.07) is 4.86. The molecule has 4 rings (SSSR count). The summed E-state index contributed by atoms with van der Waals surface area (Å²) in [5, 5.41) is 23.0. The Morgan fingerprint density at radius 1 is 0.816 bits per heavy atom. The minimum Gasteiger partial charge on any atom is -0.485 e. The van der Waals surface area contributed by atoms with Crippen LogP contribution in [0.25, 0.3) is 0 Å². The van der Waals surface area contributed by atoms with Crippen molar-refractivity contribution in [1.82, 2.24) is 0 Å². The number of hydrogen-bond donors (Lipinski definition) is 0. The van der Waals surface area contributed by atoms with Crippen LogP contribution in [0.1, 0.15) is 33.6 Å². The summed E-state index contributed by atoms with van der Waals surface area (Å²) in [7, 11) is 2.34. The summed E-state index contributed by atoms with van der Waals surface area (Å²) >= 11 is 0. The number of carbonyl (C=O) groups is 2. The summed E-state index contributed by atoms with van der Waals surface area (Å²) in [6.45, 7) is 0.122. The van der Waals surface area contributed by atoms with E-state index >= 15 is 0 Å². The molecule has 0 unspecified atom stereocenters. The van der Waals surface area contributed by atoms with E-state index < -0.39 is 21.8 Å². The predicted octanol–water partition coefficient (Wildman–Crippen LogP) is 4.04. The zero-order valence-corrected chi connectivity index (χ0v) is 20.2. The average Bonchev–Trinajstić information content (AvgIpc) is 2.92. The number of ether oxygens (including phenoxy) is 4. The Labute approximate surface area is 214 Å². The van der Waals surface area contributed by atoms with Crippen LogP contribution < -0.4 is 9.47 Å². The molecule has 0 spiro atoms. The third-order valence-electron chi connectivity index (χ3n) is 5.55. The first-order valence-electron chi connectivity index (χ1n) is 11.1. The Kier molecular flexibility index (Phi) is 7.41. The van der Waals surface area contributed by atoms with Crippen molar-refractivity contribution in [3.05, 3.63) is 67.8 Å². The Balaban J connectivity index is 1.49. The highest BCUT2D eigenvalue weighted by molar-refractivity contribution is 5.98. The van der Waals surface area contributed by atoms with E-state index in [0.717, 1.165) is 12.1 Å². The molecule has 0 fully saturated rings. The number of carbonyl (C=O) groups excluding carboxylic acids is 2. The largest absolute Gasteiger partial charge is 0.485 e. The molecule has 14 nitrogen and oxygen atoms in total. The lowest BCUT2D eigenvalue weighted by Crippen LogP contribution is -2.16. The molecule has 2 heterocycles. The maximum absolute atomic E-state index is 11.8. The van der Waals surface area contributed by atoms with Crippen molar-refractivity contribution in [2.75, 3.05) is 27.4 Å². The van der Waals surface area contributed by atoms with Crippen LogP contribution in [0, 0.1) is 20.2 Å². The number of benzene rings is 2. The van der Waals surface area contributed by atoms with Crippen LogP contribution in [0.2, 0.25) is 0 Å². The molecule has 14 heteroatoms. The predicted molar refractivity (Wildman–Crippen MR) is 132 cm³/mol. The minimum absolute atomic E-state index is 0.0117. The van der Waals surface area contributed by atoms with Gasteiger partial charge in [-0.15, -0.1) is 0 Å². The topological polar surface area (TPSA) is 182 Å². The van der Waals surface area contributed by atoms with Gasteiger partial charge in [0.2, 0.25) is 0 Å². The number of fused-ring (bicyclic) bond motifs is 2. The number of nitrogens with zero attached hydrogens (tertiary/aromatic N) is 4. The highest BCUT2D eigenvalue weighted by atomic mass is 16.6. The Hall–Kier alpha value is -5.14. The van der Waals surface area contributed by atoms with Crippen molar-refractivity contribution in [1.29, 1.82) is 0 Å². The van der Waals surface area contributed by atoms with Gasteiger partial charge in [0.15, 0.2) is 22.9 Å². The molecule has 0 bridgehead atoms. The van der Waals surface area contributed by atoms with Gasteiger partial charge >= 0.3 is 11.9 Å². The van der Waals surface area contributed by atoms with E-state index in [1.165, 1.54) is 26.4 Å². The highest BCUT2D eigenvalue weighted by Crippen LogP contribution is 2.42. The molecule has 0 aromatic heterocycles. The zero-order chi connectivity index (χ0) is 27.4. The second kappa shape index (κ2) is 10.9. The molecule has 0 N–H and O–H groups in total. The van der Waals surface area contributed by atoms with Gasteiger partial charge in [0.25, 0.3) is 11.4 Å². The molecule has 2 aliphatic heterocycles. The molecule has 2 aromatic carbocycles. The summed E-state index contributed by atoms with van der Waals surface area (Å²) in [6.07, 6.45) is 4.13. The molecule has 196 valence electrons. The van der Waals surface area contributed by atoms with E-state index in [2.05, 4.69) is 19.5 Å². The number of hydrogen-bond acceptors (Lipinski definition) is 12. The van der Waals surface area contributed by atoms with Crippen LogP contribution in [0.4, 0.5) is 22.7 Å². The van der Waals surface area contributed by atoms with E-state index in [1.807, 2.05) is 0 Å². The first-order valence-corrected chi connectivity index (χ1v) is 11.1. The minimum atomic E-state index is -0.733. The molecule has 0 aliphatic carbocycles. The van der Waals surface area contributed by atoms with Gasteiger partial charge in [0.1, 0.15) is 13.2 Å². The van der Waals surface area contributed by atoms with Gasteiger partial charge in [-0.25, -0.2) is 19.6 Å². The van der Waals surface area contributed by atoms with Crippen LogP contribution in [0.5, 0.6) is 11.5 Å². The summed E-state index contributed by atoms with van der Waals surface area (Å²) in [5.74, 6) is -1.25. The third kappa shape index (κ3) is 5.33. The molecule has 0 saturated carbocycles. The maximum atomic E-state index is 11.8. The number of nitro benzene ring substituents is 2. The lowest BCUT2D eigenvalue weighted by Gasteiger charge is -2.17. The second-order valence-electron chi connectivity index (χ2n) is 7.99. The van der Waals surface area contributed by atoms with E-state index in [0.29, 0.717) is 24.3 Å². The van der Waals surface area contributed by atoms with Crippen LogP contribution in [-0.2, 0) is 9.47 Å². The normalized spacial score (nSPS) is 13.7. The molecule has 2 aromatic rings. The van der Waals surface area contributed by atoms with Crippen LogP contribution >= 0.6 is 0 Å². The van der Waals surface area contributed by atoms with Gasteiger partial charge in [0.05, 0.1) is 46.6 Å². The van der Waals surface area contributed by atoms with Crippen molar-refractivity contribution in [2.24, 2.45) is 9.98 Å². The molecule has 2 aliphatic rings. The van der Waals surface area contributed by atoms with Crippen molar-refractivity contribution in [3.63, 3.8) is 0 Å². The van der Waals surface area contributed by atoms with Crippen molar-refractivity contribution in [2.45, 2.75) is 12.8 Å². The molecule has 0 saturated heterocycles. The first kappa shape index (κ1) is 25.9. The molecule has 0 atom stereocenters. The molecular weight excluding hydrogens is 504 g/mol. The smallest absolute Gasteiger partial charge is 0.338 e. The number of nitro groups is 2. The quantitative estimate of drug-likeness (QED) is 0.211. The van der Waals surface area contributed by atoms with E-state index in [1.54, 1.807) is 12.2 Å². The Morgan fingerprint density at radius 3 is 1.55 bits per heavy atom. The summed E-state index contributed by atoms with van der Waals surface area (Å²) < 4.78 is 20.4. The number of aliphatic imine (C=N–C) groups is 2. The number of esters is 2. The lowest BCUT2D eigenvalue weighted by atomic mass is 10.1. The monoisotopic (exact) mass is 524 g/mol. The SMILES string of the molecule is COC(=O)c1cc2c(c([N+](=O)[O-])c1)N=C(C/C=C/CC1=Nc3c(cc(C(=O)OC)cc3[N+](=O)[O-])OC1)CO2. The molecule has 0 amide bonds. The summed E-state index contributed by atoms with van der Waals surface area (Å²) in [5.41, 5.74) is 0.254. The van der Waals surface area contributed by atoms with Crippen LogP contribution in [-0.4, -0.2) is 60.6 Å². The van der Waals surface area contributed by atoms with Gasteiger partial charge in [-0.2, -0.15) is 0 Å². The molecular formula is C24H20N4O10. The van der Waals surface area contributed by atoms with Gasteiger partial charge in [-0.05, 0) is 12.1 Å². The second-order valence-corrected chi connectivity index (χ2v) is 7.99. The highest BCUT2D eigenvalue weighted by Gasteiger charge is 2.28. The van der Waals surface area contributed by atoms with E-state index in [9.17, 15) is 29.8 Å². The standard InChI is InChI=1S/C24H20N4O10/c1-35-23(29)13-7-17(27(31)32)21-19(9-13)37-11-15(25-21)5-3-4-6-16-12-38-20-10-14(24(30)36-2)8-18(28(33)34)22(20)26-16/h3-4,7-10H,5-6,11-12H2,1-2H3/b4-3+.